The maximum atomic E-state index is 9.66. The average Bonchev–Trinajstić information content (AvgIpc) is 3.12. The first-order chi connectivity index (χ1) is 12.7. The predicted octanol–water partition coefficient (Wildman–Crippen LogP) is 2.33. The highest BCUT2D eigenvalue weighted by atomic mass is 16.3. The first-order valence-electron chi connectivity index (χ1n) is 9.50. The van der Waals surface area contributed by atoms with Crippen LogP contribution >= 0.6 is 0 Å². The molecule has 6 heteroatoms. The van der Waals surface area contributed by atoms with Crippen molar-refractivity contribution in [3.8, 4) is 0 Å². The zero-order chi connectivity index (χ0) is 17.9. The number of anilines is 2. The quantitative estimate of drug-likeness (QED) is 0.681. The topological polar surface area (TPSA) is 75.7 Å². The number of aromatic amines is 1. The summed E-state index contributed by atoms with van der Waals surface area (Å²) in [5.41, 5.74) is 4.66. The van der Waals surface area contributed by atoms with Gasteiger partial charge in [-0.05, 0) is 43.5 Å². The molecule has 2 aliphatic heterocycles. The number of aliphatic hydroxyl groups excluding tert-OH is 1. The van der Waals surface area contributed by atoms with E-state index in [2.05, 4.69) is 55.8 Å². The van der Waals surface area contributed by atoms with E-state index in [1.165, 1.54) is 11.3 Å². The second-order valence-corrected chi connectivity index (χ2v) is 7.02. The minimum atomic E-state index is -0.133. The maximum absolute atomic E-state index is 9.66. The molecule has 1 aromatic heterocycles. The van der Waals surface area contributed by atoms with Gasteiger partial charge in [0.05, 0.1) is 11.8 Å². The Morgan fingerprint density at radius 3 is 2.62 bits per heavy atom. The van der Waals surface area contributed by atoms with Gasteiger partial charge in [-0.25, -0.2) is 0 Å². The zero-order valence-electron chi connectivity index (χ0n) is 15.2. The molecule has 1 aromatic carbocycles. The van der Waals surface area contributed by atoms with Crippen LogP contribution in [0, 0.1) is 0 Å². The van der Waals surface area contributed by atoms with Crippen LogP contribution < -0.4 is 15.5 Å². The summed E-state index contributed by atoms with van der Waals surface area (Å²) in [7, 11) is 0. The fourth-order valence-corrected chi connectivity index (χ4v) is 3.73. The molecule has 2 aromatic rings. The number of nitrogens with one attached hydrogen (secondary N) is 3. The Kier molecular flexibility index (Phi) is 4.84. The molecule has 4 rings (SSSR count). The van der Waals surface area contributed by atoms with Crippen molar-refractivity contribution in [3.05, 3.63) is 47.8 Å². The van der Waals surface area contributed by atoms with E-state index < -0.39 is 0 Å². The van der Waals surface area contributed by atoms with E-state index in [9.17, 15) is 5.11 Å². The molecule has 1 saturated heterocycles. The molecule has 0 spiro atoms. The fraction of sp³-hybridized carbons (Fsp3) is 0.450. The van der Waals surface area contributed by atoms with Gasteiger partial charge in [-0.3, -0.25) is 4.99 Å². The Hall–Kier alpha value is -2.47. The van der Waals surface area contributed by atoms with Crippen LogP contribution in [0.3, 0.4) is 0 Å². The third-order valence-corrected chi connectivity index (χ3v) is 5.15. The van der Waals surface area contributed by atoms with E-state index in [1.807, 2.05) is 13.1 Å². The Labute approximate surface area is 154 Å². The van der Waals surface area contributed by atoms with E-state index in [4.69, 9.17) is 0 Å². The summed E-state index contributed by atoms with van der Waals surface area (Å²) < 4.78 is 0. The molecule has 0 bridgehead atoms. The van der Waals surface area contributed by atoms with Gasteiger partial charge < -0.3 is 25.6 Å². The summed E-state index contributed by atoms with van der Waals surface area (Å²) >= 11 is 0. The van der Waals surface area contributed by atoms with Crippen LogP contribution in [0.25, 0.3) is 0 Å². The third kappa shape index (κ3) is 3.55. The number of aliphatic hydroxyl groups is 1. The minimum absolute atomic E-state index is 0.125. The van der Waals surface area contributed by atoms with Gasteiger partial charge in [0, 0.05) is 37.9 Å². The van der Waals surface area contributed by atoms with Crippen LogP contribution in [0.15, 0.2) is 41.5 Å². The number of H-pyrrole nitrogens is 1. The van der Waals surface area contributed by atoms with Crippen LogP contribution in [0.2, 0.25) is 0 Å². The van der Waals surface area contributed by atoms with E-state index in [0.29, 0.717) is 0 Å². The van der Waals surface area contributed by atoms with Crippen molar-refractivity contribution in [2.24, 2.45) is 4.99 Å². The monoisotopic (exact) mass is 353 g/mol. The van der Waals surface area contributed by atoms with Crippen molar-refractivity contribution in [2.75, 3.05) is 29.9 Å². The van der Waals surface area contributed by atoms with Gasteiger partial charge in [-0.1, -0.05) is 12.1 Å². The van der Waals surface area contributed by atoms with Gasteiger partial charge in [-0.2, -0.15) is 0 Å². The third-order valence-electron chi connectivity index (χ3n) is 5.15. The molecule has 0 radical (unpaired) electrons. The summed E-state index contributed by atoms with van der Waals surface area (Å²) in [6.07, 6.45) is 4.53. The Morgan fingerprint density at radius 1 is 1.12 bits per heavy atom. The summed E-state index contributed by atoms with van der Waals surface area (Å²) in [4.78, 5) is 10.2. The molecular weight excluding hydrogens is 326 g/mol. The van der Waals surface area contributed by atoms with Gasteiger partial charge in [-0.15, -0.1) is 0 Å². The number of hydrogen-bond donors (Lipinski definition) is 4. The lowest BCUT2D eigenvalue weighted by atomic mass is 10.0. The molecule has 4 N–H and O–H groups in total. The summed E-state index contributed by atoms with van der Waals surface area (Å²) in [5.74, 6) is 0.930. The van der Waals surface area contributed by atoms with E-state index in [1.54, 1.807) is 0 Å². The maximum Gasteiger partial charge on any atom is 0.148 e. The van der Waals surface area contributed by atoms with Crippen molar-refractivity contribution >= 4 is 17.2 Å². The smallest absolute Gasteiger partial charge is 0.148 e. The molecule has 2 aliphatic rings. The number of hydrogen-bond acceptors (Lipinski definition) is 4. The molecule has 1 unspecified atom stereocenters. The summed E-state index contributed by atoms with van der Waals surface area (Å²) in [5, 5.41) is 16.7. The van der Waals surface area contributed by atoms with Gasteiger partial charge in [0.1, 0.15) is 17.7 Å². The highest BCUT2D eigenvalue weighted by Crippen LogP contribution is 2.23. The molecule has 1 atom stereocenters. The molecule has 0 aliphatic carbocycles. The number of amidine groups is 1. The summed E-state index contributed by atoms with van der Waals surface area (Å²) in [6, 6.07) is 10.8. The normalized spacial score (nSPS) is 22.0. The fourth-order valence-electron chi connectivity index (χ4n) is 3.73. The van der Waals surface area contributed by atoms with Crippen LogP contribution in [-0.4, -0.2) is 47.8 Å². The zero-order valence-corrected chi connectivity index (χ0v) is 15.2. The van der Waals surface area contributed by atoms with Gasteiger partial charge >= 0.3 is 0 Å². The SMILES string of the molecule is CCN=C1NC(Cc2ccc(N3CCC(O)CC3)cc2)Nc2cc[nH]c21. The van der Waals surface area contributed by atoms with Crippen LogP contribution in [0.5, 0.6) is 0 Å². The van der Waals surface area contributed by atoms with Crippen molar-refractivity contribution in [1.29, 1.82) is 0 Å². The van der Waals surface area contributed by atoms with Crippen molar-refractivity contribution < 1.29 is 5.11 Å². The number of nitrogens with zero attached hydrogens (tertiary/aromatic N) is 2. The van der Waals surface area contributed by atoms with E-state index in [0.717, 1.165) is 56.1 Å². The van der Waals surface area contributed by atoms with E-state index >= 15 is 0 Å². The Morgan fingerprint density at radius 2 is 1.88 bits per heavy atom. The van der Waals surface area contributed by atoms with Crippen molar-refractivity contribution in [3.63, 3.8) is 0 Å². The second kappa shape index (κ2) is 7.41. The molecule has 3 heterocycles. The lowest BCUT2D eigenvalue weighted by Gasteiger charge is -2.32. The average molecular weight is 353 g/mol. The number of piperidine rings is 1. The number of rotatable bonds is 4. The first kappa shape index (κ1) is 17.0. The Bertz CT molecular complexity index is 759. The molecule has 138 valence electrons. The van der Waals surface area contributed by atoms with Crippen LogP contribution in [0.4, 0.5) is 11.4 Å². The molecule has 6 nitrogen and oxygen atoms in total. The largest absolute Gasteiger partial charge is 0.393 e. The first-order valence-corrected chi connectivity index (χ1v) is 9.50. The lowest BCUT2D eigenvalue weighted by Crippen LogP contribution is -2.46. The standard InChI is InChI=1S/C20H27N5O/c1-2-21-20-19-17(7-10-22-19)23-18(24-20)13-14-3-5-15(6-4-14)25-11-8-16(26)9-12-25/h3-7,10,16,18,22-23,26H,2,8-9,11-13H2,1H3,(H,21,24). The molecule has 26 heavy (non-hydrogen) atoms. The lowest BCUT2D eigenvalue weighted by molar-refractivity contribution is 0.145. The Balaban J connectivity index is 1.42. The number of fused-ring (bicyclic) bond motifs is 1. The van der Waals surface area contributed by atoms with Crippen LogP contribution in [-0.2, 0) is 6.42 Å². The van der Waals surface area contributed by atoms with Gasteiger partial charge in [0.2, 0.25) is 0 Å². The van der Waals surface area contributed by atoms with Crippen molar-refractivity contribution in [2.45, 2.75) is 38.5 Å². The minimum Gasteiger partial charge on any atom is -0.393 e. The molecule has 0 saturated carbocycles. The second-order valence-electron chi connectivity index (χ2n) is 7.02. The highest BCUT2D eigenvalue weighted by Gasteiger charge is 2.23. The van der Waals surface area contributed by atoms with Gasteiger partial charge in [0.25, 0.3) is 0 Å². The number of benzene rings is 1. The molecular formula is C20H27N5O. The van der Waals surface area contributed by atoms with E-state index in [-0.39, 0.29) is 12.3 Å². The predicted molar refractivity (Wildman–Crippen MR) is 106 cm³/mol. The number of aromatic nitrogens is 1. The summed E-state index contributed by atoms with van der Waals surface area (Å²) in [6.45, 7) is 4.66. The van der Waals surface area contributed by atoms with Gasteiger partial charge in [0.15, 0.2) is 0 Å². The molecule has 0 amide bonds. The number of aliphatic imine (C=N–C) groups is 1. The van der Waals surface area contributed by atoms with Crippen molar-refractivity contribution in [1.82, 2.24) is 10.3 Å². The highest BCUT2D eigenvalue weighted by molar-refractivity contribution is 6.03. The van der Waals surface area contributed by atoms with Crippen LogP contribution in [0.1, 0.15) is 31.0 Å². The molecule has 1 fully saturated rings.